The van der Waals surface area contributed by atoms with E-state index in [-0.39, 0.29) is 11.9 Å². The summed E-state index contributed by atoms with van der Waals surface area (Å²) < 4.78 is 1.22. The van der Waals surface area contributed by atoms with Gasteiger partial charge in [0.1, 0.15) is 0 Å². The Labute approximate surface area is 140 Å². The Morgan fingerprint density at radius 3 is 3.04 bits per heavy atom. The minimum atomic E-state index is 0.0125. The fourth-order valence-electron chi connectivity index (χ4n) is 3.96. The van der Waals surface area contributed by atoms with Gasteiger partial charge in [0.2, 0.25) is 5.91 Å². The number of rotatable bonds is 4. The first kappa shape index (κ1) is 15.1. The second kappa shape index (κ2) is 6.57. The van der Waals surface area contributed by atoms with Gasteiger partial charge in [-0.05, 0) is 37.3 Å². The van der Waals surface area contributed by atoms with Crippen LogP contribution in [0, 0.1) is 5.92 Å². The number of hydrogen-bond donors (Lipinski definition) is 2. The molecular formula is C18H23N3OS. The van der Waals surface area contributed by atoms with Gasteiger partial charge in [-0.2, -0.15) is 0 Å². The Morgan fingerprint density at radius 2 is 2.17 bits per heavy atom. The molecule has 2 aliphatic rings. The van der Waals surface area contributed by atoms with E-state index >= 15 is 0 Å². The van der Waals surface area contributed by atoms with Crippen molar-refractivity contribution in [1.82, 2.24) is 15.6 Å². The van der Waals surface area contributed by atoms with Gasteiger partial charge >= 0.3 is 0 Å². The SMILES string of the molecule is O=C(NCCc1nc2ccccc2s1)C1CC2CCCCC2N1. The Kier molecular flexibility index (Phi) is 4.31. The first-order chi connectivity index (χ1) is 11.3. The molecule has 5 heteroatoms. The van der Waals surface area contributed by atoms with Gasteiger partial charge in [-0.15, -0.1) is 11.3 Å². The van der Waals surface area contributed by atoms with Gasteiger partial charge in [-0.1, -0.05) is 25.0 Å². The zero-order chi connectivity index (χ0) is 15.6. The molecule has 1 aromatic carbocycles. The average molecular weight is 329 g/mol. The summed E-state index contributed by atoms with van der Waals surface area (Å²) in [5.74, 6) is 0.879. The van der Waals surface area contributed by atoms with Gasteiger partial charge in [-0.25, -0.2) is 4.98 Å². The third kappa shape index (κ3) is 3.26. The van der Waals surface area contributed by atoms with Crippen molar-refractivity contribution in [3.8, 4) is 0 Å². The van der Waals surface area contributed by atoms with Gasteiger partial charge in [0.25, 0.3) is 0 Å². The van der Waals surface area contributed by atoms with Crippen molar-refractivity contribution in [2.24, 2.45) is 5.92 Å². The molecule has 2 fully saturated rings. The molecule has 4 rings (SSSR count). The highest BCUT2D eigenvalue weighted by Crippen LogP contribution is 2.33. The van der Waals surface area contributed by atoms with Gasteiger partial charge in [-0.3, -0.25) is 4.79 Å². The van der Waals surface area contributed by atoms with Gasteiger partial charge < -0.3 is 10.6 Å². The highest BCUT2D eigenvalue weighted by molar-refractivity contribution is 7.18. The van der Waals surface area contributed by atoms with Gasteiger partial charge in [0.05, 0.1) is 21.3 Å². The summed E-state index contributed by atoms with van der Waals surface area (Å²) in [6.07, 6.45) is 6.98. The number of aromatic nitrogens is 1. The second-order valence-electron chi connectivity index (χ2n) is 6.72. The van der Waals surface area contributed by atoms with Crippen LogP contribution < -0.4 is 10.6 Å². The highest BCUT2D eigenvalue weighted by Gasteiger charge is 2.37. The number of carbonyl (C=O) groups is 1. The van der Waals surface area contributed by atoms with E-state index in [0.29, 0.717) is 18.5 Å². The standard InChI is InChI=1S/C18H23N3OS/c22-18(15-11-12-5-1-2-6-13(12)20-15)19-10-9-17-21-14-7-3-4-8-16(14)23-17/h3-4,7-8,12-13,15,20H,1-2,5-6,9-11H2,(H,19,22). The molecule has 1 aromatic heterocycles. The lowest BCUT2D eigenvalue weighted by atomic mass is 9.85. The van der Waals surface area contributed by atoms with E-state index in [1.54, 1.807) is 11.3 Å². The summed E-state index contributed by atoms with van der Waals surface area (Å²) in [6, 6.07) is 8.77. The van der Waals surface area contributed by atoms with Crippen molar-refractivity contribution < 1.29 is 4.79 Å². The van der Waals surface area contributed by atoms with E-state index in [9.17, 15) is 4.79 Å². The average Bonchev–Trinajstić information content (AvgIpc) is 3.18. The first-order valence-corrected chi connectivity index (χ1v) is 9.49. The molecule has 2 N–H and O–H groups in total. The van der Waals surface area contributed by atoms with Crippen molar-refractivity contribution in [3.63, 3.8) is 0 Å². The van der Waals surface area contributed by atoms with Crippen LogP contribution in [-0.2, 0) is 11.2 Å². The Hall–Kier alpha value is -1.46. The predicted molar refractivity (Wildman–Crippen MR) is 93.6 cm³/mol. The Bertz CT molecular complexity index is 651. The summed E-state index contributed by atoms with van der Waals surface area (Å²) in [5, 5.41) is 7.73. The smallest absolute Gasteiger partial charge is 0.237 e. The number of benzene rings is 1. The van der Waals surface area contributed by atoms with E-state index in [1.165, 1.54) is 30.4 Å². The molecule has 1 amide bonds. The van der Waals surface area contributed by atoms with E-state index < -0.39 is 0 Å². The van der Waals surface area contributed by atoms with Crippen LogP contribution in [0.2, 0.25) is 0 Å². The van der Waals surface area contributed by atoms with Crippen molar-refractivity contribution in [2.45, 2.75) is 50.6 Å². The number of fused-ring (bicyclic) bond motifs is 2. The van der Waals surface area contributed by atoms with E-state index in [0.717, 1.165) is 23.4 Å². The number of carbonyl (C=O) groups excluding carboxylic acids is 1. The fraction of sp³-hybridized carbons (Fsp3) is 0.556. The van der Waals surface area contributed by atoms with Crippen LogP contribution in [0.25, 0.3) is 10.2 Å². The molecule has 0 bridgehead atoms. The molecule has 122 valence electrons. The van der Waals surface area contributed by atoms with Crippen LogP contribution in [0.15, 0.2) is 24.3 Å². The van der Waals surface area contributed by atoms with Crippen LogP contribution in [0.4, 0.5) is 0 Å². The first-order valence-electron chi connectivity index (χ1n) is 8.68. The number of para-hydroxylation sites is 1. The second-order valence-corrected chi connectivity index (χ2v) is 7.84. The topological polar surface area (TPSA) is 54.0 Å². The molecule has 4 nitrogen and oxygen atoms in total. The lowest BCUT2D eigenvalue weighted by Gasteiger charge is -2.24. The number of nitrogens with zero attached hydrogens (tertiary/aromatic N) is 1. The Morgan fingerprint density at radius 1 is 1.30 bits per heavy atom. The van der Waals surface area contributed by atoms with Crippen LogP contribution in [-0.4, -0.2) is 29.5 Å². The maximum absolute atomic E-state index is 12.4. The predicted octanol–water partition coefficient (Wildman–Crippen LogP) is 2.88. The molecule has 1 aliphatic heterocycles. The molecule has 2 heterocycles. The van der Waals surface area contributed by atoms with Gasteiger partial charge in [0.15, 0.2) is 0 Å². The van der Waals surface area contributed by atoms with E-state index in [1.807, 2.05) is 18.2 Å². The van der Waals surface area contributed by atoms with Crippen molar-refractivity contribution >= 4 is 27.5 Å². The minimum Gasteiger partial charge on any atom is -0.354 e. The molecule has 0 spiro atoms. The van der Waals surface area contributed by atoms with Crippen LogP contribution in [0.1, 0.15) is 37.1 Å². The van der Waals surface area contributed by atoms with Crippen LogP contribution >= 0.6 is 11.3 Å². The maximum Gasteiger partial charge on any atom is 0.237 e. The molecular weight excluding hydrogens is 306 g/mol. The molecule has 1 saturated carbocycles. The normalized spacial score (nSPS) is 27.0. The van der Waals surface area contributed by atoms with Crippen LogP contribution in [0.5, 0.6) is 0 Å². The molecule has 3 unspecified atom stereocenters. The molecule has 23 heavy (non-hydrogen) atoms. The quantitative estimate of drug-likeness (QED) is 0.907. The highest BCUT2D eigenvalue weighted by atomic mass is 32.1. The fourth-order valence-corrected chi connectivity index (χ4v) is 4.93. The van der Waals surface area contributed by atoms with Crippen molar-refractivity contribution in [1.29, 1.82) is 0 Å². The number of hydrogen-bond acceptors (Lipinski definition) is 4. The third-order valence-corrected chi connectivity index (χ3v) is 6.25. The number of nitrogens with one attached hydrogen (secondary N) is 2. The number of thiazole rings is 1. The number of amides is 1. The summed E-state index contributed by atoms with van der Waals surface area (Å²) in [7, 11) is 0. The zero-order valence-corrected chi connectivity index (χ0v) is 14.1. The molecule has 2 aromatic rings. The maximum atomic E-state index is 12.4. The molecule has 3 atom stereocenters. The van der Waals surface area contributed by atoms with E-state index in [2.05, 4.69) is 21.7 Å². The third-order valence-electron chi connectivity index (χ3n) is 5.16. The molecule has 0 radical (unpaired) electrons. The molecule has 1 aliphatic carbocycles. The summed E-state index contributed by atoms with van der Waals surface area (Å²) in [6.45, 7) is 0.673. The monoisotopic (exact) mass is 329 g/mol. The lowest BCUT2D eigenvalue weighted by molar-refractivity contribution is -0.122. The Balaban J connectivity index is 1.28. The zero-order valence-electron chi connectivity index (χ0n) is 13.3. The van der Waals surface area contributed by atoms with E-state index in [4.69, 9.17) is 0 Å². The minimum absolute atomic E-state index is 0.0125. The summed E-state index contributed by atoms with van der Waals surface area (Å²) in [4.78, 5) is 17.0. The van der Waals surface area contributed by atoms with Gasteiger partial charge in [0, 0.05) is 19.0 Å². The summed E-state index contributed by atoms with van der Waals surface area (Å²) >= 11 is 1.72. The lowest BCUT2D eigenvalue weighted by Crippen LogP contribution is -2.43. The van der Waals surface area contributed by atoms with Crippen molar-refractivity contribution in [3.05, 3.63) is 29.3 Å². The van der Waals surface area contributed by atoms with Crippen LogP contribution in [0.3, 0.4) is 0 Å². The summed E-state index contributed by atoms with van der Waals surface area (Å²) in [5.41, 5.74) is 1.06. The van der Waals surface area contributed by atoms with Crippen molar-refractivity contribution in [2.75, 3.05) is 6.54 Å². The largest absolute Gasteiger partial charge is 0.354 e. The molecule has 1 saturated heterocycles.